The van der Waals surface area contributed by atoms with Gasteiger partial charge in [0.2, 0.25) is 0 Å². The van der Waals surface area contributed by atoms with Crippen LogP contribution >= 0.6 is 23.4 Å². The molecule has 0 bridgehead atoms. The average Bonchev–Trinajstić information content (AvgIpc) is 3.41. The zero-order valence-electron chi connectivity index (χ0n) is 20.0. The fourth-order valence-electron chi connectivity index (χ4n) is 4.63. The standard InChI is InChI=1S/C29H28ClN3O2S/c30-25-13-7-4-10-22(25)19-36-29-32-26-18-21(27(34)31-23-11-5-6-12-23)14-15-24(26)28(35)33(29)17-16-20-8-2-1-3-9-20/h1-4,7-10,13-15,18,23H,5-6,11-12,16-17,19H2,(H,31,34). The highest BCUT2D eigenvalue weighted by Gasteiger charge is 2.19. The molecular weight excluding hydrogens is 490 g/mol. The van der Waals surface area contributed by atoms with E-state index in [-0.39, 0.29) is 17.5 Å². The van der Waals surface area contributed by atoms with Crippen molar-refractivity contribution < 1.29 is 4.79 Å². The van der Waals surface area contributed by atoms with Crippen molar-refractivity contribution in [3.63, 3.8) is 0 Å². The molecule has 5 rings (SSSR count). The van der Waals surface area contributed by atoms with Crippen molar-refractivity contribution in [2.75, 3.05) is 0 Å². The van der Waals surface area contributed by atoms with Crippen molar-refractivity contribution in [3.05, 3.63) is 105 Å². The summed E-state index contributed by atoms with van der Waals surface area (Å²) in [6.07, 6.45) is 5.06. The maximum absolute atomic E-state index is 13.6. The van der Waals surface area contributed by atoms with Gasteiger partial charge in [-0.05, 0) is 54.7 Å². The molecule has 5 nitrogen and oxygen atoms in total. The summed E-state index contributed by atoms with van der Waals surface area (Å²) in [5.41, 5.74) is 3.12. The third kappa shape index (κ3) is 5.66. The maximum atomic E-state index is 13.6. The number of aromatic nitrogens is 2. The molecule has 1 aliphatic rings. The quantitative estimate of drug-likeness (QED) is 0.221. The van der Waals surface area contributed by atoms with Crippen LogP contribution in [0.5, 0.6) is 0 Å². The van der Waals surface area contributed by atoms with Gasteiger partial charge in [-0.25, -0.2) is 4.98 Å². The van der Waals surface area contributed by atoms with E-state index in [0.29, 0.717) is 38.9 Å². The molecule has 4 aromatic rings. The minimum Gasteiger partial charge on any atom is -0.349 e. The first-order valence-electron chi connectivity index (χ1n) is 12.3. The van der Waals surface area contributed by atoms with Gasteiger partial charge in [0.25, 0.3) is 11.5 Å². The van der Waals surface area contributed by atoms with Crippen molar-refractivity contribution >= 4 is 40.2 Å². The van der Waals surface area contributed by atoms with Crippen LogP contribution in [0.3, 0.4) is 0 Å². The topological polar surface area (TPSA) is 64.0 Å². The van der Waals surface area contributed by atoms with Crippen LogP contribution in [0.4, 0.5) is 0 Å². The lowest BCUT2D eigenvalue weighted by Gasteiger charge is -2.15. The molecule has 3 aromatic carbocycles. The van der Waals surface area contributed by atoms with Gasteiger partial charge in [0.15, 0.2) is 5.16 Å². The van der Waals surface area contributed by atoms with E-state index in [1.54, 1.807) is 22.8 Å². The number of halogens is 1. The Morgan fingerprint density at radius 3 is 2.56 bits per heavy atom. The molecule has 1 aliphatic carbocycles. The van der Waals surface area contributed by atoms with E-state index in [9.17, 15) is 9.59 Å². The SMILES string of the molecule is O=C(NC1CCCC1)c1ccc2c(=O)n(CCc3ccccc3)c(SCc3ccccc3Cl)nc2c1. The minimum absolute atomic E-state index is 0.0969. The number of rotatable bonds is 8. The van der Waals surface area contributed by atoms with Gasteiger partial charge in [-0.15, -0.1) is 0 Å². The summed E-state index contributed by atoms with van der Waals surface area (Å²) in [5, 5.41) is 4.95. The molecule has 0 radical (unpaired) electrons. The van der Waals surface area contributed by atoms with E-state index < -0.39 is 0 Å². The van der Waals surface area contributed by atoms with Gasteiger partial charge < -0.3 is 5.32 Å². The Balaban J connectivity index is 1.48. The fraction of sp³-hybridized carbons (Fsp3) is 0.276. The molecule has 0 saturated heterocycles. The zero-order valence-corrected chi connectivity index (χ0v) is 21.5. The lowest BCUT2D eigenvalue weighted by atomic mass is 10.1. The number of nitrogens with zero attached hydrogens (tertiary/aromatic N) is 2. The first-order valence-corrected chi connectivity index (χ1v) is 13.7. The van der Waals surface area contributed by atoms with Gasteiger partial charge in [0.05, 0.1) is 10.9 Å². The number of carbonyl (C=O) groups is 1. The Hall–Kier alpha value is -3.09. The van der Waals surface area contributed by atoms with Gasteiger partial charge in [0, 0.05) is 28.9 Å². The summed E-state index contributed by atoms with van der Waals surface area (Å²) in [5.74, 6) is 0.481. The molecule has 0 aliphatic heterocycles. The Kier molecular flexibility index (Phi) is 7.73. The molecule has 1 amide bonds. The molecule has 1 saturated carbocycles. The van der Waals surface area contributed by atoms with E-state index in [4.69, 9.17) is 16.6 Å². The first kappa shape index (κ1) is 24.6. The normalized spacial score (nSPS) is 13.8. The highest BCUT2D eigenvalue weighted by atomic mass is 35.5. The first-order chi connectivity index (χ1) is 17.6. The van der Waals surface area contributed by atoms with E-state index >= 15 is 0 Å². The number of nitrogens with one attached hydrogen (secondary N) is 1. The second-order valence-electron chi connectivity index (χ2n) is 9.15. The van der Waals surface area contributed by atoms with E-state index in [1.165, 1.54) is 11.8 Å². The number of aryl methyl sites for hydroxylation is 1. The molecule has 1 fully saturated rings. The molecular formula is C29H28ClN3O2S. The monoisotopic (exact) mass is 517 g/mol. The van der Waals surface area contributed by atoms with E-state index in [1.807, 2.05) is 42.5 Å². The van der Waals surface area contributed by atoms with Crippen molar-refractivity contribution in [1.29, 1.82) is 0 Å². The molecule has 7 heteroatoms. The molecule has 0 atom stereocenters. The highest BCUT2D eigenvalue weighted by molar-refractivity contribution is 7.98. The van der Waals surface area contributed by atoms with Gasteiger partial charge in [-0.2, -0.15) is 0 Å². The van der Waals surface area contributed by atoms with E-state index in [0.717, 1.165) is 43.2 Å². The van der Waals surface area contributed by atoms with Gasteiger partial charge in [-0.3, -0.25) is 14.2 Å². The summed E-state index contributed by atoms with van der Waals surface area (Å²) in [6.45, 7) is 0.514. The molecule has 0 spiro atoms. The Morgan fingerprint density at radius 1 is 1.03 bits per heavy atom. The fourth-order valence-corrected chi connectivity index (χ4v) is 5.94. The molecule has 0 unspecified atom stereocenters. The average molecular weight is 518 g/mol. The third-order valence-corrected chi connectivity index (χ3v) is 8.05. The van der Waals surface area contributed by atoms with Crippen LogP contribution in [0.15, 0.2) is 82.7 Å². The molecule has 1 heterocycles. The number of carbonyl (C=O) groups excluding carboxylic acids is 1. The van der Waals surface area contributed by atoms with Crippen LogP contribution in [0, 0.1) is 0 Å². The number of amides is 1. The lowest BCUT2D eigenvalue weighted by Crippen LogP contribution is -2.32. The second-order valence-corrected chi connectivity index (χ2v) is 10.5. The van der Waals surface area contributed by atoms with Crippen LogP contribution in [-0.2, 0) is 18.7 Å². The predicted octanol–water partition coefficient (Wildman–Crippen LogP) is 6.26. The molecule has 36 heavy (non-hydrogen) atoms. The van der Waals surface area contributed by atoms with Crippen molar-refractivity contribution in [2.24, 2.45) is 0 Å². The van der Waals surface area contributed by atoms with Crippen LogP contribution < -0.4 is 10.9 Å². The number of hydrogen-bond donors (Lipinski definition) is 1. The minimum atomic E-state index is -0.107. The van der Waals surface area contributed by atoms with E-state index in [2.05, 4.69) is 17.4 Å². The third-order valence-electron chi connectivity index (χ3n) is 6.65. The summed E-state index contributed by atoms with van der Waals surface area (Å²) in [4.78, 5) is 31.3. The Labute approximate surface area is 219 Å². The maximum Gasteiger partial charge on any atom is 0.262 e. The molecule has 1 aromatic heterocycles. The van der Waals surface area contributed by atoms with Crippen LogP contribution in [-0.4, -0.2) is 21.5 Å². The summed E-state index contributed by atoms with van der Waals surface area (Å²) in [6, 6.07) is 23.2. The summed E-state index contributed by atoms with van der Waals surface area (Å²) in [7, 11) is 0. The number of benzene rings is 3. The lowest BCUT2D eigenvalue weighted by molar-refractivity contribution is 0.0938. The largest absolute Gasteiger partial charge is 0.349 e. The van der Waals surface area contributed by atoms with Crippen molar-refractivity contribution in [2.45, 2.75) is 55.6 Å². The number of thioether (sulfide) groups is 1. The number of fused-ring (bicyclic) bond motifs is 1. The van der Waals surface area contributed by atoms with Crippen LogP contribution in [0.2, 0.25) is 5.02 Å². The molecule has 184 valence electrons. The van der Waals surface area contributed by atoms with Crippen LogP contribution in [0.25, 0.3) is 10.9 Å². The number of hydrogen-bond acceptors (Lipinski definition) is 4. The van der Waals surface area contributed by atoms with Gasteiger partial charge >= 0.3 is 0 Å². The smallest absolute Gasteiger partial charge is 0.262 e. The summed E-state index contributed by atoms with van der Waals surface area (Å²) >= 11 is 7.86. The van der Waals surface area contributed by atoms with Crippen LogP contribution in [0.1, 0.15) is 47.2 Å². The van der Waals surface area contributed by atoms with Crippen molar-refractivity contribution in [1.82, 2.24) is 14.9 Å². The molecule has 1 N–H and O–H groups in total. The Bertz CT molecular complexity index is 1430. The van der Waals surface area contributed by atoms with Gasteiger partial charge in [0.1, 0.15) is 0 Å². The summed E-state index contributed by atoms with van der Waals surface area (Å²) < 4.78 is 1.75. The second kappa shape index (κ2) is 11.3. The van der Waals surface area contributed by atoms with Gasteiger partial charge in [-0.1, -0.05) is 84.7 Å². The van der Waals surface area contributed by atoms with Crippen molar-refractivity contribution in [3.8, 4) is 0 Å². The zero-order chi connectivity index (χ0) is 24.9. The Morgan fingerprint density at radius 2 is 1.78 bits per heavy atom. The highest BCUT2D eigenvalue weighted by Crippen LogP contribution is 2.27. The predicted molar refractivity (Wildman–Crippen MR) is 147 cm³/mol.